The lowest BCUT2D eigenvalue weighted by Crippen LogP contribution is -2.54. The fourth-order valence-corrected chi connectivity index (χ4v) is 2.87. The van der Waals surface area contributed by atoms with Crippen LogP contribution < -0.4 is 4.74 Å². The number of halogens is 1. The summed E-state index contributed by atoms with van der Waals surface area (Å²) in [6, 6.07) is 6.81. The second-order valence-electron chi connectivity index (χ2n) is 6.21. The molecule has 0 bridgehead atoms. The molecular formula is C18H23ClO6. The highest BCUT2D eigenvalue weighted by Gasteiger charge is 2.45. The largest absolute Gasteiger partial charge is 0.463 e. The maximum Gasteiger partial charge on any atom is 0.303 e. The van der Waals surface area contributed by atoms with Gasteiger partial charge >= 0.3 is 11.9 Å². The Kier molecular flexibility index (Phi) is 6.67. The number of ether oxygens (including phenoxy) is 4. The lowest BCUT2D eigenvalue weighted by Gasteiger charge is -2.43. The average molecular weight is 371 g/mol. The normalized spacial score (nSPS) is 28.9. The molecule has 0 saturated carbocycles. The van der Waals surface area contributed by atoms with Crippen molar-refractivity contribution in [1.82, 2.24) is 0 Å². The summed E-state index contributed by atoms with van der Waals surface area (Å²) in [7, 11) is 0. The van der Waals surface area contributed by atoms with E-state index in [0.29, 0.717) is 10.8 Å². The predicted molar refractivity (Wildman–Crippen MR) is 91.3 cm³/mol. The van der Waals surface area contributed by atoms with Gasteiger partial charge in [-0.05, 0) is 30.2 Å². The van der Waals surface area contributed by atoms with Crippen molar-refractivity contribution in [2.75, 3.05) is 6.61 Å². The first-order chi connectivity index (χ1) is 11.8. The molecule has 5 atom stereocenters. The first-order valence-corrected chi connectivity index (χ1v) is 8.54. The standard InChI is InChI=1S/C18H23ClO6/c1-10-11(2)17(23-13(4)21)18(25-16(10)9-22-12(3)20)24-15-7-5-14(19)6-8-15/h5-8,10-11,16-18H,9H2,1-4H3/t10-,11-,16?,17?,18+/m0/s1. The molecule has 1 aliphatic heterocycles. The highest BCUT2D eigenvalue weighted by molar-refractivity contribution is 6.30. The molecule has 6 nitrogen and oxygen atoms in total. The van der Waals surface area contributed by atoms with Crippen LogP contribution in [-0.4, -0.2) is 37.0 Å². The summed E-state index contributed by atoms with van der Waals surface area (Å²) < 4.78 is 22.4. The van der Waals surface area contributed by atoms with Gasteiger partial charge in [0.05, 0.1) is 6.10 Å². The Morgan fingerprint density at radius 2 is 1.72 bits per heavy atom. The van der Waals surface area contributed by atoms with E-state index < -0.39 is 18.4 Å². The zero-order valence-corrected chi connectivity index (χ0v) is 15.5. The van der Waals surface area contributed by atoms with Crippen LogP contribution in [0, 0.1) is 11.8 Å². The minimum Gasteiger partial charge on any atom is -0.463 e. The Labute approximate surface area is 152 Å². The molecule has 0 amide bonds. The third-order valence-corrected chi connectivity index (χ3v) is 4.58. The van der Waals surface area contributed by atoms with Crippen LogP contribution in [0.3, 0.4) is 0 Å². The molecule has 0 radical (unpaired) electrons. The molecule has 25 heavy (non-hydrogen) atoms. The van der Waals surface area contributed by atoms with Crippen molar-refractivity contribution in [2.24, 2.45) is 11.8 Å². The highest BCUT2D eigenvalue weighted by Crippen LogP contribution is 2.34. The minimum atomic E-state index is -0.808. The smallest absolute Gasteiger partial charge is 0.303 e. The molecule has 1 fully saturated rings. The van der Waals surface area contributed by atoms with Gasteiger partial charge in [-0.15, -0.1) is 0 Å². The average Bonchev–Trinajstić information content (AvgIpc) is 2.54. The summed E-state index contributed by atoms with van der Waals surface area (Å²) >= 11 is 5.88. The summed E-state index contributed by atoms with van der Waals surface area (Å²) in [4.78, 5) is 22.6. The molecule has 1 heterocycles. The zero-order chi connectivity index (χ0) is 18.6. The monoisotopic (exact) mass is 370 g/mol. The van der Waals surface area contributed by atoms with Gasteiger partial charge in [0.15, 0.2) is 6.10 Å². The van der Waals surface area contributed by atoms with Crippen LogP contribution in [0.5, 0.6) is 5.75 Å². The lowest BCUT2D eigenvalue weighted by atomic mass is 9.83. The maximum absolute atomic E-state index is 11.5. The molecule has 7 heteroatoms. The summed E-state index contributed by atoms with van der Waals surface area (Å²) in [6.45, 7) is 6.74. The first-order valence-electron chi connectivity index (χ1n) is 8.16. The van der Waals surface area contributed by atoms with E-state index in [9.17, 15) is 9.59 Å². The van der Waals surface area contributed by atoms with Crippen molar-refractivity contribution in [2.45, 2.75) is 46.2 Å². The second kappa shape index (κ2) is 8.54. The van der Waals surface area contributed by atoms with Crippen LogP contribution in [0.4, 0.5) is 0 Å². The number of carbonyl (C=O) groups excluding carboxylic acids is 2. The SMILES string of the molecule is CC(=O)OCC1O[C@@H](Oc2ccc(Cl)cc2)C(OC(C)=O)[C@@H](C)[C@@H]1C. The van der Waals surface area contributed by atoms with Gasteiger partial charge in [0, 0.05) is 24.8 Å². The number of rotatable bonds is 5. The van der Waals surface area contributed by atoms with Crippen molar-refractivity contribution in [3.63, 3.8) is 0 Å². The van der Waals surface area contributed by atoms with Gasteiger partial charge in [-0.2, -0.15) is 0 Å². The Morgan fingerprint density at radius 1 is 1.08 bits per heavy atom. The molecule has 2 unspecified atom stereocenters. The van der Waals surface area contributed by atoms with Gasteiger partial charge in [0.2, 0.25) is 6.29 Å². The van der Waals surface area contributed by atoms with Crippen LogP contribution in [0.1, 0.15) is 27.7 Å². The Hall–Kier alpha value is -1.79. The first kappa shape index (κ1) is 19.5. The molecule has 1 saturated heterocycles. The molecule has 0 aliphatic carbocycles. The van der Waals surface area contributed by atoms with Gasteiger partial charge < -0.3 is 18.9 Å². The van der Waals surface area contributed by atoms with E-state index >= 15 is 0 Å². The Morgan fingerprint density at radius 3 is 2.28 bits per heavy atom. The molecule has 0 N–H and O–H groups in total. The fraction of sp³-hybridized carbons (Fsp3) is 0.556. The van der Waals surface area contributed by atoms with Gasteiger partial charge in [-0.1, -0.05) is 25.4 Å². The van der Waals surface area contributed by atoms with Crippen LogP contribution in [-0.2, 0) is 23.8 Å². The second-order valence-corrected chi connectivity index (χ2v) is 6.65. The van der Waals surface area contributed by atoms with Crippen molar-refractivity contribution >= 4 is 23.5 Å². The van der Waals surface area contributed by atoms with Crippen LogP contribution >= 0.6 is 11.6 Å². The molecule has 1 aliphatic rings. The molecule has 138 valence electrons. The van der Waals surface area contributed by atoms with E-state index in [1.807, 2.05) is 13.8 Å². The molecular weight excluding hydrogens is 348 g/mol. The number of carbonyl (C=O) groups is 2. The number of benzene rings is 1. The van der Waals surface area contributed by atoms with E-state index in [0.717, 1.165) is 0 Å². The Balaban J connectivity index is 2.17. The number of hydrogen-bond donors (Lipinski definition) is 0. The molecule has 0 spiro atoms. The molecule has 2 rings (SSSR count). The summed E-state index contributed by atoms with van der Waals surface area (Å²) in [5.74, 6) is -0.277. The van der Waals surface area contributed by atoms with E-state index in [-0.39, 0.29) is 30.5 Å². The third-order valence-electron chi connectivity index (χ3n) is 4.33. The third kappa shape index (κ3) is 5.34. The van der Waals surface area contributed by atoms with Gasteiger partial charge in [0.25, 0.3) is 0 Å². The Bertz CT molecular complexity index is 600. The van der Waals surface area contributed by atoms with E-state index in [1.165, 1.54) is 13.8 Å². The van der Waals surface area contributed by atoms with Gasteiger partial charge in [0.1, 0.15) is 12.4 Å². The van der Waals surface area contributed by atoms with E-state index in [4.69, 9.17) is 30.5 Å². The highest BCUT2D eigenvalue weighted by atomic mass is 35.5. The quantitative estimate of drug-likeness (QED) is 0.741. The number of hydrogen-bond acceptors (Lipinski definition) is 6. The zero-order valence-electron chi connectivity index (χ0n) is 14.7. The number of esters is 2. The van der Waals surface area contributed by atoms with Crippen molar-refractivity contribution in [3.05, 3.63) is 29.3 Å². The summed E-state index contributed by atoms with van der Waals surface area (Å²) in [5, 5.41) is 0.586. The van der Waals surface area contributed by atoms with Gasteiger partial charge in [-0.25, -0.2) is 0 Å². The van der Waals surface area contributed by atoms with E-state index in [2.05, 4.69) is 0 Å². The van der Waals surface area contributed by atoms with Crippen molar-refractivity contribution < 1.29 is 28.5 Å². The molecule has 1 aromatic carbocycles. The van der Waals surface area contributed by atoms with Crippen LogP contribution in [0.15, 0.2) is 24.3 Å². The van der Waals surface area contributed by atoms with Crippen LogP contribution in [0.25, 0.3) is 0 Å². The van der Waals surface area contributed by atoms with Gasteiger partial charge in [-0.3, -0.25) is 9.59 Å². The minimum absolute atomic E-state index is 0.00812. The predicted octanol–water partition coefficient (Wildman–Crippen LogP) is 3.21. The molecule has 1 aromatic rings. The van der Waals surface area contributed by atoms with Crippen molar-refractivity contribution in [1.29, 1.82) is 0 Å². The summed E-state index contributed by atoms with van der Waals surface area (Å²) in [6.07, 6.45) is -1.74. The van der Waals surface area contributed by atoms with Crippen LogP contribution in [0.2, 0.25) is 5.02 Å². The van der Waals surface area contributed by atoms with E-state index in [1.54, 1.807) is 24.3 Å². The fourth-order valence-electron chi connectivity index (χ4n) is 2.75. The van der Waals surface area contributed by atoms with Crippen molar-refractivity contribution in [3.8, 4) is 5.75 Å². The summed E-state index contributed by atoms with van der Waals surface area (Å²) in [5.41, 5.74) is 0. The topological polar surface area (TPSA) is 71.1 Å². The maximum atomic E-state index is 11.5. The molecule has 0 aromatic heterocycles. The lowest BCUT2D eigenvalue weighted by molar-refractivity contribution is -0.253.